The monoisotopic (exact) mass is 323 g/mol. The van der Waals surface area contributed by atoms with Gasteiger partial charge in [-0.15, -0.1) is 0 Å². The molecule has 2 aliphatic carbocycles. The quantitative estimate of drug-likeness (QED) is 0.783. The van der Waals surface area contributed by atoms with Crippen molar-refractivity contribution in [3.8, 4) is 0 Å². The maximum atomic E-state index is 4.77. The lowest BCUT2D eigenvalue weighted by Gasteiger charge is -2.34. The lowest BCUT2D eigenvalue weighted by molar-refractivity contribution is 0.340. The van der Waals surface area contributed by atoms with Gasteiger partial charge >= 0.3 is 0 Å². The van der Waals surface area contributed by atoms with Gasteiger partial charge < -0.3 is 4.90 Å². The molecule has 0 bridgehead atoms. The second kappa shape index (κ2) is 5.39. The highest BCUT2D eigenvalue weighted by atomic mass is 79.9. The van der Waals surface area contributed by atoms with Gasteiger partial charge in [0.2, 0.25) is 0 Å². The highest BCUT2D eigenvalue weighted by Gasteiger charge is 2.28. The van der Waals surface area contributed by atoms with E-state index in [1.54, 1.807) is 0 Å². The summed E-state index contributed by atoms with van der Waals surface area (Å²) in [6.07, 6.45) is 7.77. The van der Waals surface area contributed by atoms with Crippen LogP contribution in [0.5, 0.6) is 0 Å². The van der Waals surface area contributed by atoms with Gasteiger partial charge in [-0.25, -0.2) is 9.97 Å². The molecule has 3 nitrogen and oxygen atoms in total. The smallest absolute Gasteiger partial charge is 0.135 e. The van der Waals surface area contributed by atoms with Crippen LogP contribution in [0.15, 0.2) is 10.7 Å². The van der Waals surface area contributed by atoms with E-state index < -0.39 is 0 Å². The summed E-state index contributed by atoms with van der Waals surface area (Å²) in [6, 6.07) is 2.70. The van der Waals surface area contributed by atoms with E-state index in [2.05, 4.69) is 45.9 Å². The highest BCUT2D eigenvalue weighted by molar-refractivity contribution is 9.10. The minimum Gasteiger partial charge on any atom is -0.357 e. The second-order valence-corrected chi connectivity index (χ2v) is 7.02. The number of rotatable bonds is 3. The molecule has 104 valence electrons. The fourth-order valence-electron chi connectivity index (χ4n) is 2.94. The summed E-state index contributed by atoms with van der Waals surface area (Å²) in [5, 5.41) is 0. The molecule has 2 aliphatic rings. The first kappa shape index (κ1) is 13.3. The second-order valence-electron chi connectivity index (χ2n) is 6.21. The Bertz CT molecular complexity index is 451. The van der Waals surface area contributed by atoms with Crippen molar-refractivity contribution in [3.05, 3.63) is 16.5 Å². The molecule has 4 heteroatoms. The van der Waals surface area contributed by atoms with E-state index in [0.717, 1.165) is 22.2 Å². The zero-order valence-corrected chi connectivity index (χ0v) is 13.4. The van der Waals surface area contributed by atoms with Crippen LogP contribution in [0.1, 0.15) is 57.2 Å². The summed E-state index contributed by atoms with van der Waals surface area (Å²) < 4.78 is 0.926. The Balaban J connectivity index is 1.76. The van der Waals surface area contributed by atoms with Crippen molar-refractivity contribution >= 4 is 21.7 Å². The Labute approximate surface area is 124 Å². The largest absolute Gasteiger partial charge is 0.357 e. The third-order valence-corrected chi connectivity index (χ3v) is 4.94. The van der Waals surface area contributed by atoms with Crippen LogP contribution in [0.2, 0.25) is 0 Å². The van der Waals surface area contributed by atoms with Gasteiger partial charge in [0, 0.05) is 25.1 Å². The maximum absolute atomic E-state index is 4.77. The van der Waals surface area contributed by atoms with Crippen molar-refractivity contribution in [1.29, 1.82) is 0 Å². The predicted molar refractivity (Wildman–Crippen MR) is 81.5 cm³/mol. The minimum absolute atomic E-state index is 0.607. The molecule has 0 aliphatic heterocycles. The first-order chi connectivity index (χ1) is 9.13. The van der Waals surface area contributed by atoms with E-state index in [9.17, 15) is 0 Å². The molecule has 0 N–H and O–H groups in total. The fraction of sp³-hybridized carbons (Fsp3) is 0.733. The van der Waals surface area contributed by atoms with E-state index in [4.69, 9.17) is 4.98 Å². The molecule has 0 aromatic carbocycles. The van der Waals surface area contributed by atoms with Gasteiger partial charge in [0.15, 0.2) is 0 Å². The fourth-order valence-corrected chi connectivity index (χ4v) is 3.33. The van der Waals surface area contributed by atoms with Gasteiger partial charge in [0.1, 0.15) is 16.2 Å². The zero-order chi connectivity index (χ0) is 13.4. The van der Waals surface area contributed by atoms with Crippen LogP contribution in [0.3, 0.4) is 0 Å². The van der Waals surface area contributed by atoms with Crippen LogP contribution in [0, 0.1) is 5.92 Å². The summed E-state index contributed by atoms with van der Waals surface area (Å²) >= 11 is 3.53. The number of hydrogen-bond acceptors (Lipinski definition) is 3. The van der Waals surface area contributed by atoms with Crippen LogP contribution in [-0.2, 0) is 0 Å². The van der Waals surface area contributed by atoms with Gasteiger partial charge in [-0.3, -0.25) is 0 Å². The van der Waals surface area contributed by atoms with Crippen molar-refractivity contribution in [2.75, 3.05) is 11.9 Å². The lowest BCUT2D eigenvalue weighted by Crippen LogP contribution is -2.35. The summed E-state index contributed by atoms with van der Waals surface area (Å²) in [5.74, 6) is 3.61. The summed E-state index contributed by atoms with van der Waals surface area (Å²) in [6.45, 7) is 2.36. The van der Waals surface area contributed by atoms with Crippen LogP contribution in [0.25, 0.3) is 0 Å². The van der Waals surface area contributed by atoms with Gasteiger partial charge in [-0.2, -0.15) is 0 Å². The molecule has 0 unspecified atom stereocenters. The molecule has 0 atom stereocenters. The van der Waals surface area contributed by atoms with Gasteiger partial charge in [0.25, 0.3) is 0 Å². The average molecular weight is 324 g/mol. The Kier molecular flexibility index (Phi) is 3.79. The number of nitrogens with zero attached hydrogens (tertiary/aromatic N) is 3. The molecule has 0 spiro atoms. The predicted octanol–water partition coefficient (Wildman–Crippen LogP) is 4.13. The molecule has 0 amide bonds. The van der Waals surface area contributed by atoms with Crippen LogP contribution in [-0.4, -0.2) is 23.1 Å². The van der Waals surface area contributed by atoms with E-state index in [0.29, 0.717) is 12.0 Å². The molecule has 0 radical (unpaired) electrons. The standard InChI is InChI=1S/C15H22BrN3/c1-10-3-7-12(8-4-10)19(2)14-9-13(16)17-15(18-14)11-5-6-11/h9-12H,3-8H2,1-2H3. The Morgan fingerprint density at radius 1 is 1.11 bits per heavy atom. The Morgan fingerprint density at radius 2 is 1.79 bits per heavy atom. The summed E-state index contributed by atoms with van der Waals surface area (Å²) in [7, 11) is 2.19. The number of aromatic nitrogens is 2. The molecule has 1 heterocycles. The van der Waals surface area contributed by atoms with Crippen LogP contribution >= 0.6 is 15.9 Å². The molecular weight excluding hydrogens is 302 g/mol. The maximum Gasteiger partial charge on any atom is 0.135 e. The third-order valence-electron chi connectivity index (χ3n) is 4.54. The first-order valence-electron chi connectivity index (χ1n) is 7.41. The molecule has 2 fully saturated rings. The third kappa shape index (κ3) is 3.10. The topological polar surface area (TPSA) is 29.0 Å². The van der Waals surface area contributed by atoms with Crippen molar-refractivity contribution < 1.29 is 0 Å². The SMILES string of the molecule is CC1CCC(N(C)c2cc(Br)nc(C3CC3)n2)CC1. The first-order valence-corrected chi connectivity index (χ1v) is 8.20. The van der Waals surface area contributed by atoms with E-state index in [1.807, 2.05) is 0 Å². The van der Waals surface area contributed by atoms with Crippen molar-refractivity contribution in [3.63, 3.8) is 0 Å². The molecule has 19 heavy (non-hydrogen) atoms. The van der Waals surface area contributed by atoms with E-state index in [-0.39, 0.29) is 0 Å². The van der Waals surface area contributed by atoms with Gasteiger partial charge in [-0.05, 0) is 60.4 Å². The molecule has 3 rings (SSSR count). The van der Waals surface area contributed by atoms with Gasteiger partial charge in [-0.1, -0.05) is 6.92 Å². The average Bonchev–Trinajstić information content (AvgIpc) is 3.22. The lowest BCUT2D eigenvalue weighted by atomic mass is 9.87. The highest BCUT2D eigenvalue weighted by Crippen LogP contribution is 2.39. The van der Waals surface area contributed by atoms with Crippen molar-refractivity contribution in [2.45, 2.75) is 57.4 Å². The van der Waals surface area contributed by atoms with Crippen molar-refractivity contribution in [2.24, 2.45) is 5.92 Å². The molecule has 0 saturated heterocycles. The van der Waals surface area contributed by atoms with Crippen LogP contribution in [0.4, 0.5) is 5.82 Å². The Morgan fingerprint density at radius 3 is 2.42 bits per heavy atom. The minimum atomic E-state index is 0.607. The summed E-state index contributed by atoms with van der Waals surface area (Å²) in [5.41, 5.74) is 0. The van der Waals surface area contributed by atoms with Crippen LogP contribution < -0.4 is 4.90 Å². The molecule has 1 aromatic heterocycles. The van der Waals surface area contributed by atoms with Crippen molar-refractivity contribution in [1.82, 2.24) is 9.97 Å². The zero-order valence-electron chi connectivity index (χ0n) is 11.8. The van der Waals surface area contributed by atoms with Gasteiger partial charge in [0.05, 0.1) is 0 Å². The van der Waals surface area contributed by atoms with E-state index in [1.165, 1.54) is 38.5 Å². The molecule has 1 aromatic rings. The normalized spacial score (nSPS) is 27.3. The summed E-state index contributed by atoms with van der Waals surface area (Å²) in [4.78, 5) is 11.7. The Hall–Kier alpha value is -0.640. The molecular formula is C15H22BrN3. The number of anilines is 1. The molecule has 2 saturated carbocycles. The number of halogens is 1. The van der Waals surface area contributed by atoms with E-state index >= 15 is 0 Å². The number of hydrogen-bond donors (Lipinski definition) is 0.